The fraction of sp³-hybridized carbons (Fsp3) is 0.286. The molecule has 2 atom stereocenters. The van der Waals surface area contributed by atoms with Crippen LogP contribution in [-0.4, -0.2) is 0 Å². The van der Waals surface area contributed by atoms with Gasteiger partial charge in [0.25, 0.3) is 0 Å². The molecule has 2 aliphatic rings. The third kappa shape index (κ3) is 1.31. The molecule has 3 rings (SSSR count). The monoisotopic (exact) mass is 182 g/mol. The first-order valence-corrected chi connectivity index (χ1v) is 5.34. The molecule has 0 fully saturated rings. The van der Waals surface area contributed by atoms with Gasteiger partial charge in [-0.15, -0.1) is 0 Å². The zero-order chi connectivity index (χ0) is 9.38. The van der Waals surface area contributed by atoms with Crippen LogP contribution in [0, 0.1) is 11.8 Å². The first kappa shape index (κ1) is 8.05. The third-order valence-electron chi connectivity index (χ3n) is 3.27. The highest BCUT2D eigenvalue weighted by Gasteiger charge is 2.27. The molecule has 2 unspecified atom stereocenters. The Morgan fingerprint density at radius 2 is 1.93 bits per heavy atom. The number of hydrogen-bond donors (Lipinski definition) is 0. The number of rotatable bonds is 2. The van der Waals surface area contributed by atoms with E-state index in [1.165, 1.54) is 12.0 Å². The highest BCUT2D eigenvalue weighted by molar-refractivity contribution is 5.34. The lowest BCUT2D eigenvalue weighted by Crippen LogP contribution is -1.97. The first-order chi connectivity index (χ1) is 6.92. The van der Waals surface area contributed by atoms with E-state index in [4.69, 9.17) is 0 Å². The van der Waals surface area contributed by atoms with Crippen molar-refractivity contribution in [2.75, 3.05) is 0 Å². The van der Waals surface area contributed by atoms with E-state index in [-0.39, 0.29) is 0 Å². The minimum Gasteiger partial charge on any atom is -0.0810 e. The van der Waals surface area contributed by atoms with Crippen molar-refractivity contribution in [1.82, 2.24) is 0 Å². The minimum atomic E-state index is 0.749. The van der Waals surface area contributed by atoms with Crippen LogP contribution in [-0.2, 0) is 6.42 Å². The van der Waals surface area contributed by atoms with Crippen molar-refractivity contribution < 1.29 is 0 Å². The summed E-state index contributed by atoms with van der Waals surface area (Å²) < 4.78 is 0. The number of allylic oxidation sites excluding steroid dienone is 4. The van der Waals surface area contributed by atoms with Crippen LogP contribution >= 0.6 is 0 Å². The Morgan fingerprint density at radius 1 is 1.07 bits per heavy atom. The van der Waals surface area contributed by atoms with Crippen LogP contribution in [0.2, 0.25) is 0 Å². The van der Waals surface area contributed by atoms with Gasteiger partial charge in [0.05, 0.1) is 0 Å². The summed E-state index contributed by atoms with van der Waals surface area (Å²) in [6.45, 7) is 0. The Bertz CT molecular complexity index is 384. The molecule has 0 heterocycles. The molecule has 0 spiro atoms. The van der Waals surface area contributed by atoms with Gasteiger partial charge in [-0.2, -0.15) is 0 Å². The van der Waals surface area contributed by atoms with Crippen molar-refractivity contribution in [3.63, 3.8) is 0 Å². The smallest absolute Gasteiger partial charge is 0.00109 e. The Balaban J connectivity index is 1.78. The minimum absolute atomic E-state index is 0.749. The van der Waals surface area contributed by atoms with Crippen LogP contribution in [0.1, 0.15) is 12.0 Å². The Morgan fingerprint density at radius 3 is 2.57 bits per heavy atom. The molecule has 70 valence electrons. The van der Waals surface area contributed by atoms with E-state index in [9.17, 15) is 0 Å². The van der Waals surface area contributed by atoms with Crippen molar-refractivity contribution in [3.8, 4) is 0 Å². The topological polar surface area (TPSA) is 0 Å². The highest BCUT2D eigenvalue weighted by atomic mass is 14.3. The van der Waals surface area contributed by atoms with Gasteiger partial charge in [-0.1, -0.05) is 54.1 Å². The summed E-state index contributed by atoms with van der Waals surface area (Å²) in [7, 11) is 0. The molecular formula is C14H14. The lowest BCUT2D eigenvalue weighted by atomic mass is 9.96. The van der Waals surface area contributed by atoms with Crippen LogP contribution in [0.3, 0.4) is 0 Å². The largest absolute Gasteiger partial charge is 0.0810 e. The van der Waals surface area contributed by atoms with Gasteiger partial charge in [0.15, 0.2) is 0 Å². The maximum Gasteiger partial charge on any atom is -0.00109 e. The molecule has 0 aliphatic heterocycles. The van der Waals surface area contributed by atoms with Gasteiger partial charge >= 0.3 is 0 Å². The Kier molecular flexibility index (Phi) is 1.80. The summed E-state index contributed by atoms with van der Waals surface area (Å²) in [5.74, 6) is 1.50. The molecule has 0 N–H and O–H groups in total. The summed E-state index contributed by atoms with van der Waals surface area (Å²) in [6, 6.07) is 10.8. The van der Waals surface area contributed by atoms with Gasteiger partial charge in [0.1, 0.15) is 0 Å². The Labute approximate surface area is 85.0 Å². The maximum absolute atomic E-state index is 2.46. The van der Waals surface area contributed by atoms with Gasteiger partial charge < -0.3 is 0 Å². The summed E-state index contributed by atoms with van der Waals surface area (Å²) in [6.07, 6.45) is 9.66. The maximum atomic E-state index is 2.46. The zero-order valence-corrected chi connectivity index (χ0v) is 8.19. The van der Waals surface area contributed by atoms with Crippen LogP contribution < -0.4 is 0 Å². The van der Waals surface area contributed by atoms with Crippen molar-refractivity contribution in [3.05, 3.63) is 59.7 Å². The SMILES string of the molecule is C1=CC2CC1C=C2Cc1ccccc1. The quantitative estimate of drug-likeness (QED) is 0.615. The first-order valence-electron chi connectivity index (χ1n) is 5.34. The van der Waals surface area contributed by atoms with Crippen molar-refractivity contribution in [2.24, 2.45) is 11.8 Å². The molecule has 0 nitrogen and oxygen atoms in total. The van der Waals surface area contributed by atoms with Crippen LogP contribution in [0.5, 0.6) is 0 Å². The molecule has 1 aromatic rings. The molecule has 1 aromatic carbocycles. The molecule has 2 aliphatic carbocycles. The molecule has 0 amide bonds. The molecule has 0 aromatic heterocycles. The molecular weight excluding hydrogens is 168 g/mol. The molecule has 0 heteroatoms. The van der Waals surface area contributed by atoms with E-state index in [0.29, 0.717) is 0 Å². The van der Waals surface area contributed by atoms with E-state index in [1.54, 1.807) is 5.57 Å². The van der Waals surface area contributed by atoms with Crippen molar-refractivity contribution in [2.45, 2.75) is 12.8 Å². The summed E-state index contributed by atoms with van der Waals surface area (Å²) >= 11 is 0. The second-order valence-electron chi connectivity index (χ2n) is 4.29. The number of benzene rings is 1. The number of fused-ring (bicyclic) bond motifs is 2. The summed E-state index contributed by atoms with van der Waals surface area (Å²) in [5.41, 5.74) is 3.07. The predicted molar refractivity (Wildman–Crippen MR) is 59.0 cm³/mol. The average molecular weight is 182 g/mol. The molecule has 14 heavy (non-hydrogen) atoms. The predicted octanol–water partition coefficient (Wildman–Crippen LogP) is 3.36. The summed E-state index contributed by atoms with van der Waals surface area (Å²) in [4.78, 5) is 0. The van der Waals surface area contributed by atoms with Gasteiger partial charge in [-0.25, -0.2) is 0 Å². The van der Waals surface area contributed by atoms with E-state index in [0.717, 1.165) is 18.3 Å². The zero-order valence-electron chi connectivity index (χ0n) is 8.19. The van der Waals surface area contributed by atoms with Gasteiger partial charge in [-0.05, 0) is 30.2 Å². The standard InChI is InChI=1S/C14H14/c1-2-4-11(5-3-1)8-14-10-12-6-7-13(14)9-12/h1-7,10,12-13H,8-9H2. The molecule has 2 bridgehead atoms. The van der Waals surface area contributed by atoms with Gasteiger partial charge in [-0.3, -0.25) is 0 Å². The van der Waals surface area contributed by atoms with E-state index in [1.807, 2.05) is 0 Å². The molecule has 0 radical (unpaired) electrons. The van der Waals surface area contributed by atoms with Crippen molar-refractivity contribution in [1.29, 1.82) is 0 Å². The normalized spacial score (nSPS) is 28.1. The van der Waals surface area contributed by atoms with Crippen LogP contribution in [0.4, 0.5) is 0 Å². The van der Waals surface area contributed by atoms with E-state index < -0.39 is 0 Å². The van der Waals surface area contributed by atoms with Gasteiger partial charge in [0.2, 0.25) is 0 Å². The summed E-state index contributed by atoms with van der Waals surface area (Å²) in [5, 5.41) is 0. The lowest BCUT2D eigenvalue weighted by Gasteiger charge is -2.09. The van der Waals surface area contributed by atoms with Gasteiger partial charge in [0, 0.05) is 0 Å². The second-order valence-corrected chi connectivity index (χ2v) is 4.29. The fourth-order valence-electron chi connectivity index (χ4n) is 2.55. The highest BCUT2D eigenvalue weighted by Crippen LogP contribution is 2.39. The van der Waals surface area contributed by atoms with Crippen LogP contribution in [0.25, 0.3) is 0 Å². The van der Waals surface area contributed by atoms with E-state index >= 15 is 0 Å². The number of hydrogen-bond acceptors (Lipinski definition) is 0. The van der Waals surface area contributed by atoms with Crippen LogP contribution in [0.15, 0.2) is 54.1 Å². The fourth-order valence-corrected chi connectivity index (χ4v) is 2.55. The average Bonchev–Trinajstić information content (AvgIpc) is 2.81. The molecule has 0 saturated heterocycles. The van der Waals surface area contributed by atoms with Crippen molar-refractivity contribution >= 4 is 0 Å². The Hall–Kier alpha value is -1.30. The molecule has 0 saturated carbocycles. The lowest BCUT2D eigenvalue weighted by molar-refractivity contribution is 0.704. The third-order valence-corrected chi connectivity index (χ3v) is 3.27. The van der Waals surface area contributed by atoms with E-state index in [2.05, 4.69) is 48.6 Å². The second kappa shape index (κ2) is 3.13.